The predicted molar refractivity (Wildman–Crippen MR) is 152 cm³/mol. The average molecular weight is 622 g/mol. The molecule has 0 saturated carbocycles. The molecule has 5 amide bonds. The summed E-state index contributed by atoms with van der Waals surface area (Å²) >= 11 is 3.44. The molecule has 0 spiro atoms. The van der Waals surface area contributed by atoms with Crippen LogP contribution in [0.25, 0.3) is 6.08 Å². The number of imide groups is 2. The molecule has 12 heteroatoms. The highest BCUT2D eigenvalue weighted by Crippen LogP contribution is 2.38. The number of halogens is 1. The van der Waals surface area contributed by atoms with Crippen LogP contribution in [0.15, 0.2) is 64.6 Å². The van der Waals surface area contributed by atoms with Gasteiger partial charge in [0.05, 0.1) is 12.3 Å². The number of hydrogen-bond donors (Lipinski definition) is 2. The molecule has 2 N–H and O–H groups in total. The normalized spacial score (nSPS) is 15.1. The van der Waals surface area contributed by atoms with Crippen LogP contribution in [0.3, 0.4) is 0 Å². The summed E-state index contributed by atoms with van der Waals surface area (Å²) in [5.41, 5.74) is 2.04. The van der Waals surface area contributed by atoms with Crippen LogP contribution in [-0.2, 0) is 14.4 Å². The fourth-order valence-electron chi connectivity index (χ4n) is 4.09. The van der Waals surface area contributed by atoms with E-state index in [0.717, 1.165) is 10.5 Å². The van der Waals surface area contributed by atoms with Gasteiger partial charge in [-0.3, -0.25) is 19.7 Å². The Morgan fingerprint density at radius 3 is 2.51 bits per heavy atom. The number of benzene rings is 3. The van der Waals surface area contributed by atoms with Crippen molar-refractivity contribution >= 4 is 57.1 Å². The van der Waals surface area contributed by atoms with Gasteiger partial charge in [-0.1, -0.05) is 33.6 Å². The van der Waals surface area contributed by atoms with Crippen molar-refractivity contribution in [2.45, 2.75) is 13.8 Å². The lowest BCUT2D eigenvalue weighted by Crippen LogP contribution is -2.54. The molecular formula is C29H24BrN3O8. The lowest BCUT2D eigenvalue weighted by Gasteiger charge is -2.26. The maximum absolute atomic E-state index is 13.4. The largest absolute Gasteiger partial charge is 0.490 e. The molecule has 2 heterocycles. The number of anilines is 2. The van der Waals surface area contributed by atoms with Crippen LogP contribution in [0.2, 0.25) is 0 Å². The van der Waals surface area contributed by atoms with Crippen molar-refractivity contribution in [2.24, 2.45) is 0 Å². The maximum Gasteiger partial charge on any atom is 0.335 e. The highest BCUT2D eigenvalue weighted by molar-refractivity contribution is 9.10. The van der Waals surface area contributed by atoms with Crippen LogP contribution in [0.5, 0.6) is 23.0 Å². The summed E-state index contributed by atoms with van der Waals surface area (Å²) in [4.78, 5) is 52.0. The fraction of sp³-hybridized carbons (Fsp3) is 0.172. The van der Waals surface area contributed by atoms with E-state index in [2.05, 4.69) is 26.6 Å². The minimum absolute atomic E-state index is 0.0237. The second kappa shape index (κ2) is 11.7. The van der Waals surface area contributed by atoms with Crippen molar-refractivity contribution < 1.29 is 38.1 Å². The second-order valence-corrected chi connectivity index (χ2v) is 9.81. The summed E-state index contributed by atoms with van der Waals surface area (Å²) in [5, 5.41) is 4.95. The van der Waals surface area contributed by atoms with E-state index < -0.39 is 17.8 Å². The van der Waals surface area contributed by atoms with Gasteiger partial charge in [-0.25, -0.2) is 9.69 Å². The molecular weight excluding hydrogens is 598 g/mol. The molecule has 41 heavy (non-hydrogen) atoms. The SMILES string of the molecule is CCOc1cc(/C=C2\C(=O)NC(=O)N(c3ccc4c(c3)OCO4)C2=O)c(Br)cc1OCC(=O)Nc1ccc(C)cc1. The van der Waals surface area contributed by atoms with Gasteiger partial charge in [0.25, 0.3) is 17.7 Å². The first-order valence-corrected chi connectivity index (χ1v) is 13.3. The first-order valence-electron chi connectivity index (χ1n) is 12.5. The van der Waals surface area contributed by atoms with Crippen LogP contribution in [0, 0.1) is 6.92 Å². The number of carbonyl (C=O) groups excluding carboxylic acids is 4. The molecule has 1 saturated heterocycles. The molecule has 0 atom stereocenters. The Balaban J connectivity index is 1.38. The highest BCUT2D eigenvalue weighted by atomic mass is 79.9. The molecule has 3 aromatic rings. The third kappa shape index (κ3) is 6.02. The van der Waals surface area contributed by atoms with Gasteiger partial charge in [-0.05, 0) is 61.9 Å². The highest BCUT2D eigenvalue weighted by Gasteiger charge is 2.37. The summed E-state index contributed by atoms with van der Waals surface area (Å²) in [6.07, 6.45) is 1.34. The van der Waals surface area contributed by atoms with Crippen LogP contribution in [0.4, 0.5) is 16.2 Å². The summed E-state index contributed by atoms with van der Waals surface area (Å²) in [7, 11) is 0. The van der Waals surface area contributed by atoms with Crippen LogP contribution in [0.1, 0.15) is 18.1 Å². The van der Waals surface area contributed by atoms with Crippen molar-refractivity contribution in [1.29, 1.82) is 0 Å². The molecule has 210 valence electrons. The van der Waals surface area contributed by atoms with Crippen LogP contribution >= 0.6 is 15.9 Å². The van der Waals surface area contributed by atoms with Gasteiger partial charge in [-0.2, -0.15) is 0 Å². The maximum atomic E-state index is 13.4. The van der Waals surface area contributed by atoms with Gasteiger partial charge in [0.1, 0.15) is 5.57 Å². The fourth-order valence-corrected chi connectivity index (χ4v) is 4.53. The van der Waals surface area contributed by atoms with E-state index in [-0.39, 0.29) is 48.7 Å². The molecule has 0 unspecified atom stereocenters. The summed E-state index contributed by atoms with van der Waals surface area (Å²) in [5.74, 6) is -0.623. The molecule has 2 aliphatic heterocycles. The minimum atomic E-state index is -0.891. The number of urea groups is 1. The first kappa shape index (κ1) is 27.7. The smallest absolute Gasteiger partial charge is 0.335 e. The average Bonchev–Trinajstić information content (AvgIpc) is 3.41. The topological polar surface area (TPSA) is 133 Å². The summed E-state index contributed by atoms with van der Waals surface area (Å²) in [6, 6.07) is 14.2. The monoisotopic (exact) mass is 621 g/mol. The van der Waals surface area contributed by atoms with Gasteiger partial charge in [0.2, 0.25) is 6.79 Å². The number of aryl methyl sites for hydroxylation is 1. The number of fused-ring (bicyclic) bond motifs is 1. The van der Waals surface area contributed by atoms with Gasteiger partial charge in [-0.15, -0.1) is 0 Å². The molecule has 5 rings (SSSR count). The Labute approximate surface area is 243 Å². The van der Waals surface area contributed by atoms with Crippen molar-refractivity contribution in [1.82, 2.24) is 5.32 Å². The standard InChI is InChI=1S/C29H24BrN3O8/c1-3-38-23-11-17(21(30)13-25(23)39-14-26(34)31-18-6-4-16(2)5-7-18)10-20-27(35)32-29(37)33(28(20)36)19-8-9-22-24(12-19)41-15-40-22/h4-13H,3,14-15H2,1-2H3,(H,31,34)(H,32,35,37)/b20-10+. The number of nitrogens with one attached hydrogen (secondary N) is 2. The number of nitrogens with zero attached hydrogens (tertiary/aromatic N) is 1. The van der Waals surface area contributed by atoms with E-state index >= 15 is 0 Å². The molecule has 11 nitrogen and oxygen atoms in total. The molecule has 3 aromatic carbocycles. The zero-order valence-corrected chi connectivity index (χ0v) is 23.6. The number of carbonyl (C=O) groups is 4. The molecule has 0 aliphatic carbocycles. The number of amides is 5. The third-order valence-corrected chi connectivity index (χ3v) is 6.76. The van der Waals surface area contributed by atoms with Crippen molar-refractivity contribution in [3.63, 3.8) is 0 Å². The van der Waals surface area contributed by atoms with E-state index in [1.54, 1.807) is 37.3 Å². The Kier molecular flexibility index (Phi) is 7.92. The van der Waals surface area contributed by atoms with E-state index in [9.17, 15) is 19.2 Å². The van der Waals surface area contributed by atoms with Crippen LogP contribution in [-0.4, -0.2) is 43.8 Å². The molecule has 2 aliphatic rings. The molecule has 1 fully saturated rings. The Morgan fingerprint density at radius 2 is 1.76 bits per heavy atom. The number of hydrogen-bond acceptors (Lipinski definition) is 8. The first-order chi connectivity index (χ1) is 19.7. The van der Waals surface area contributed by atoms with Crippen molar-refractivity contribution in [3.05, 3.63) is 75.8 Å². The van der Waals surface area contributed by atoms with E-state index in [0.29, 0.717) is 27.2 Å². The van der Waals surface area contributed by atoms with E-state index in [1.165, 1.54) is 18.2 Å². The zero-order valence-electron chi connectivity index (χ0n) is 22.0. The van der Waals surface area contributed by atoms with Gasteiger partial charge in [0.15, 0.2) is 29.6 Å². The molecule has 0 radical (unpaired) electrons. The van der Waals surface area contributed by atoms with Crippen molar-refractivity contribution in [2.75, 3.05) is 30.2 Å². The quantitative estimate of drug-likeness (QED) is 0.276. The number of ether oxygens (including phenoxy) is 4. The van der Waals surface area contributed by atoms with E-state index in [4.69, 9.17) is 18.9 Å². The minimum Gasteiger partial charge on any atom is -0.490 e. The Hall–Kier alpha value is -4.84. The zero-order chi connectivity index (χ0) is 29.1. The van der Waals surface area contributed by atoms with Gasteiger partial charge < -0.3 is 24.3 Å². The lowest BCUT2D eigenvalue weighted by molar-refractivity contribution is -0.122. The third-order valence-electron chi connectivity index (χ3n) is 6.07. The number of barbiturate groups is 1. The lowest BCUT2D eigenvalue weighted by atomic mass is 10.1. The summed E-state index contributed by atoms with van der Waals surface area (Å²) < 4.78 is 22.5. The van der Waals surface area contributed by atoms with E-state index in [1.807, 2.05) is 19.1 Å². The van der Waals surface area contributed by atoms with Gasteiger partial charge >= 0.3 is 6.03 Å². The molecule has 0 bridgehead atoms. The van der Waals surface area contributed by atoms with Gasteiger partial charge in [0, 0.05) is 16.2 Å². The Morgan fingerprint density at radius 1 is 1.02 bits per heavy atom. The summed E-state index contributed by atoms with van der Waals surface area (Å²) in [6.45, 7) is 3.76. The second-order valence-electron chi connectivity index (χ2n) is 8.95. The molecule has 0 aromatic heterocycles. The number of rotatable bonds is 8. The predicted octanol–water partition coefficient (Wildman–Crippen LogP) is 4.57. The van der Waals surface area contributed by atoms with Crippen LogP contribution < -0.4 is 34.5 Å². The van der Waals surface area contributed by atoms with Crippen molar-refractivity contribution in [3.8, 4) is 23.0 Å². The Bertz CT molecular complexity index is 1590.